The van der Waals surface area contributed by atoms with Crippen LogP contribution >= 0.6 is 0 Å². The Labute approximate surface area is 155 Å². The maximum Gasteiger partial charge on any atom is 0.277 e. The second-order valence-corrected chi connectivity index (χ2v) is 6.35. The minimum atomic E-state index is -0.672. The summed E-state index contributed by atoms with van der Waals surface area (Å²) in [6, 6.07) is 0. The summed E-state index contributed by atoms with van der Waals surface area (Å²) in [6.07, 6.45) is 4.63. The number of carbonyl (C=O) groups is 1. The number of anilines is 3. The Bertz CT molecular complexity index is 867. The third-order valence-corrected chi connectivity index (χ3v) is 4.60. The van der Waals surface area contributed by atoms with Gasteiger partial charge in [0.05, 0.1) is 5.56 Å². The van der Waals surface area contributed by atoms with E-state index in [1.807, 2.05) is 9.80 Å². The van der Waals surface area contributed by atoms with Crippen LogP contribution in [0.1, 0.15) is 30.1 Å². The highest BCUT2D eigenvalue weighted by Gasteiger charge is 2.29. The Hall–Kier alpha value is -3.01. The molecule has 2 heterocycles. The van der Waals surface area contributed by atoms with Crippen LogP contribution in [0.25, 0.3) is 0 Å². The van der Waals surface area contributed by atoms with Gasteiger partial charge in [0, 0.05) is 45.1 Å². The lowest BCUT2D eigenvalue weighted by atomic mass is 10.1. The van der Waals surface area contributed by atoms with E-state index < -0.39 is 16.8 Å². The third-order valence-electron chi connectivity index (χ3n) is 4.60. The summed E-state index contributed by atoms with van der Waals surface area (Å²) >= 11 is 0. The molecule has 10 nitrogen and oxygen atoms in total. The zero-order chi connectivity index (χ0) is 19.4. The monoisotopic (exact) mass is 374 g/mol. The first-order valence-electron chi connectivity index (χ1n) is 8.90. The van der Waals surface area contributed by atoms with Gasteiger partial charge >= 0.3 is 0 Å². The molecule has 1 amide bonds. The SMILES string of the molecule is CCCCNc1c(N2CCN(c3ncc(C(=O)NO)cn3)CC2)c(=O)c1=O. The van der Waals surface area contributed by atoms with Crippen LogP contribution in [0.3, 0.4) is 0 Å². The second-order valence-electron chi connectivity index (χ2n) is 6.35. The fourth-order valence-electron chi connectivity index (χ4n) is 3.03. The number of aromatic nitrogens is 2. The van der Waals surface area contributed by atoms with Crippen molar-refractivity contribution in [2.75, 3.05) is 47.8 Å². The molecule has 0 saturated carbocycles. The lowest BCUT2D eigenvalue weighted by Gasteiger charge is -2.37. The van der Waals surface area contributed by atoms with E-state index in [1.165, 1.54) is 17.9 Å². The smallest absolute Gasteiger partial charge is 0.277 e. The predicted molar refractivity (Wildman–Crippen MR) is 100 cm³/mol. The highest BCUT2D eigenvalue weighted by Crippen LogP contribution is 2.22. The zero-order valence-electron chi connectivity index (χ0n) is 15.1. The number of hydrogen-bond acceptors (Lipinski definition) is 9. The summed E-state index contributed by atoms with van der Waals surface area (Å²) in [5, 5.41) is 11.7. The van der Waals surface area contributed by atoms with E-state index in [2.05, 4.69) is 22.2 Å². The topological polar surface area (TPSA) is 128 Å². The number of nitrogens with one attached hydrogen (secondary N) is 2. The van der Waals surface area contributed by atoms with Crippen LogP contribution in [-0.4, -0.2) is 53.8 Å². The van der Waals surface area contributed by atoms with E-state index >= 15 is 0 Å². The average Bonchev–Trinajstić information content (AvgIpc) is 2.72. The summed E-state index contributed by atoms with van der Waals surface area (Å²) < 4.78 is 0. The summed E-state index contributed by atoms with van der Waals surface area (Å²) in [5.41, 5.74) is 1.72. The van der Waals surface area contributed by atoms with Crippen LogP contribution in [-0.2, 0) is 0 Å². The average molecular weight is 374 g/mol. The minimum Gasteiger partial charge on any atom is -0.380 e. The van der Waals surface area contributed by atoms with Crippen molar-refractivity contribution in [2.24, 2.45) is 0 Å². The van der Waals surface area contributed by atoms with Gasteiger partial charge in [-0.15, -0.1) is 0 Å². The van der Waals surface area contributed by atoms with Crippen LogP contribution < -0.4 is 31.5 Å². The molecular formula is C17H22N6O4. The normalized spacial score (nSPS) is 14.4. The van der Waals surface area contributed by atoms with Gasteiger partial charge in [0.2, 0.25) is 5.95 Å². The zero-order valence-corrected chi connectivity index (χ0v) is 15.1. The molecule has 1 aromatic heterocycles. The van der Waals surface area contributed by atoms with Gasteiger partial charge in [-0.05, 0) is 6.42 Å². The molecule has 2 aromatic rings. The predicted octanol–water partition coefficient (Wildman–Crippen LogP) is -0.270. The molecule has 0 atom stereocenters. The molecule has 1 aliphatic rings. The van der Waals surface area contributed by atoms with Crippen molar-refractivity contribution in [3.05, 3.63) is 38.4 Å². The van der Waals surface area contributed by atoms with Gasteiger partial charge in [-0.2, -0.15) is 0 Å². The quantitative estimate of drug-likeness (QED) is 0.260. The van der Waals surface area contributed by atoms with Gasteiger partial charge in [-0.25, -0.2) is 15.4 Å². The summed E-state index contributed by atoms with van der Waals surface area (Å²) in [4.78, 5) is 47.3. The number of unbranched alkanes of at least 4 members (excludes halogenated alkanes) is 1. The Kier molecular flexibility index (Phi) is 5.65. The van der Waals surface area contributed by atoms with Gasteiger partial charge in [0.15, 0.2) is 0 Å². The molecule has 0 aliphatic carbocycles. The van der Waals surface area contributed by atoms with Crippen LogP contribution in [0.15, 0.2) is 22.0 Å². The second kappa shape index (κ2) is 8.12. The maximum absolute atomic E-state index is 12.0. The largest absolute Gasteiger partial charge is 0.380 e. The Balaban J connectivity index is 1.63. The molecule has 3 N–H and O–H groups in total. The lowest BCUT2D eigenvalue weighted by Crippen LogP contribution is -2.52. The highest BCUT2D eigenvalue weighted by molar-refractivity contribution is 5.92. The molecule has 1 aliphatic heterocycles. The van der Waals surface area contributed by atoms with Crippen molar-refractivity contribution >= 4 is 23.2 Å². The summed E-state index contributed by atoms with van der Waals surface area (Å²) in [5.74, 6) is -0.204. The van der Waals surface area contributed by atoms with E-state index in [0.29, 0.717) is 50.0 Å². The van der Waals surface area contributed by atoms with Crippen LogP contribution in [0.2, 0.25) is 0 Å². The van der Waals surface area contributed by atoms with E-state index in [9.17, 15) is 14.4 Å². The molecule has 27 heavy (non-hydrogen) atoms. The first-order chi connectivity index (χ1) is 13.1. The number of piperazine rings is 1. The molecular weight excluding hydrogens is 352 g/mol. The number of nitrogens with zero attached hydrogens (tertiary/aromatic N) is 4. The van der Waals surface area contributed by atoms with E-state index in [1.54, 1.807) is 0 Å². The molecule has 1 fully saturated rings. The molecule has 10 heteroatoms. The standard InChI is InChI=1S/C17H22N6O4/c1-2-3-4-18-12-13(15(25)14(12)24)22-5-7-23(8-6-22)17-19-9-11(10-20-17)16(26)21-27/h9-10,18,27H,2-8H2,1H3,(H,21,26). The van der Waals surface area contributed by atoms with Gasteiger partial charge < -0.3 is 15.1 Å². The fourth-order valence-corrected chi connectivity index (χ4v) is 3.03. The van der Waals surface area contributed by atoms with Gasteiger partial charge in [0.1, 0.15) is 11.4 Å². The number of amides is 1. The molecule has 0 radical (unpaired) electrons. The van der Waals surface area contributed by atoms with Crippen molar-refractivity contribution in [3.63, 3.8) is 0 Å². The highest BCUT2D eigenvalue weighted by atomic mass is 16.5. The lowest BCUT2D eigenvalue weighted by molar-refractivity contribution is 0.0705. The first-order valence-corrected chi connectivity index (χ1v) is 8.90. The van der Waals surface area contributed by atoms with Crippen LogP contribution in [0.5, 0.6) is 0 Å². The van der Waals surface area contributed by atoms with E-state index in [4.69, 9.17) is 5.21 Å². The fraction of sp³-hybridized carbons (Fsp3) is 0.471. The van der Waals surface area contributed by atoms with Gasteiger partial charge in [0.25, 0.3) is 16.8 Å². The van der Waals surface area contributed by atoms with Crippen molar-refractivity contribution in [3.8, 4) is 0 Å². The molecule has 1 saturated heterocycles. The third kappa shape index (κ3) is 3.75. The Morgan fingerprint density at radius 2 is 1.74 bits per heavy atom. The molecule has 0 bridgehead atoms. The molecule has 3 rings (SSSR count). The molecule has 0 unspecified atom stereocenters. The molecule has 1 aromatic carbocycles. The van der Waals surface area contributed by atoms with Gasteiger partial charge in [-0.3, -0.25) is 19.6 Å². The van der Waals surface area contributed by atoms with E-state index in [-0.39, 0.29) is 5.56 Å². The summed E-state index contributed by atoms with van der Waals surface area (Å²) in [7, 11) is 0. The van der Waals surface area contributed by atoms with Crippen molar-refractivity contribution in [2.45, 2.75) is 19.8 Å². The van der Waals surface area contributed by atoms with Crippen molar-refractivity contribution in [1.29, 1.82) is 0 Å². The van der Waals surface area contributed by atoms with E-state index in [0.717, 1.165) is 12.8 Å². The van der Waals surface area contributed by atoms with Crippen molar-refractivity contribution in [1.82, 2.24) is 15.4 Å². The molecule has 0 spiro atoms. The van der Waals surface area contributed by atoms with Crippen molar-refractivity contribution < 1.29 is 10.0 Å². The van der Waals surface area contributed by atoms with Crippen LogP contribution in [0.4, 0.5) is 17.3 Å². The first kappa shape index (κ1) is 18.8. The maximum atomic E-state index is 12.0. The number of hydrogen-bond donors (Lipinski definition) is 3. The minimum absolute atomic E-state index is 0.159. The Morgan fingerprint density at radius 1 is 1.11 bits per heavy atom. The number of carbonyl (C=O) groups excluding carboxylic acids is 1. The number of hydroxylamine groups is 1. The Morgan fingerprint density at radius 3 is 2.33 bits per heavy atom. The van der Waals surface area contributed by atoms with Gasteiger partial charge in [-0.1, -0.05) is 13.3 Å². The van der Waals surface area contributed by atoms with Crippen LogP contribution in [0, 0.1) is 0 Å². The molecule has 144 valence electrons. The summed E-state index contributed by atoms with van der Waals surface area (Å²) in [6.45, 7) is 5.04. The number of rotatable bonds is 7.